The van der Waals surface area contributed by atoms with Crippen LogP contribution in [0.25, 0.3) is 16.6 Å². The molecule has 25 heavy (non-hydrogen) atoms. The van der Waals surface area contributed by atoms with Gasteiger partial charge in [-0.3, -0.25) is 4.98 Å². The van der Waals surface area contributed by atoms with Crippen LogP contribution < -0.4 is 4.90 Å². The zero-order chi connectivity index (χ0) is 17.4. The molecular formula is C17H16ClN5O2. The standard InChI is InChI=1S/C17H16ClN5O2/c18-16-14-3-1-2-4-15(14)23(20-16)13-9-12(10-19-11-13)21-5-7-22(8-6-21)17(24)25/h1-4,9-11H,5-8H2,(H,24,25). The van der Waals surface area contributed by atoms with E-state index in [1.54, 1.807) is 17.1 Å². The molecule has 4 rings (SSSR count). The SMILES string of the molecule is O=C(O)N1CCN(c2cncc(-n3nc(Cl)c4ccccc43)c2)CC1. The molecule has 0 unspecified atom stereocenters. The van der Waals surface area contributed by atoms with Crippen LogP contribution >= 0.6 is 11.6 Å². The molecule has 1 N–H and O–H groups in total. The summed E-state index contributed by atoms with van der Waals surface area (Å²) in [6.45, 7) is 2.24. The number of anilines is 1. The third kappa shape index (κ3) is 2.87. The number of hydrogen-bond acceptors (Lipinski definition) is 4. The Morgan fingerprint density at radius 2 is 1.80 bits per heavy atom. The molecule has 1 aliphatic rings. The van der Waals surface area contributed by atoms with Crippen molar-refractivity contribution >= 4 is 34.3 Å². The Morgan fingerprint density at radius 1 is 1.08 bits per heavy atom. The zero-order valence-electron chi connectivity index (χ0n) is 13.3. The van der Waals surface area contributed by atoms with Gasteiger partial charge >= 0.3 is 6.09 Å². The number of aromatic nitrogens is 3. The molecule has 1 aromatic carbocycles. The summed E-state index contributed by atoms with van der Waals surface area (Å²) in [5, 5.41) is 14.8. The van der Waals surface area contributed by atoms with E-state index in [4.69, 9.17) is 16.7 Å². The molecule has 8 heteroatoms. The molecule has 2 aromatic heterocycles. The lowest BCUT2D eigenvalue weighted by Gasteiger charge is -2.34. The highest BCUT2D eigenvalue weighted by atomic mass is 35.5. The maximum Gasteiger partial charge on any atom is 0.407 e. The quantitative estimate of drug-likeness (QED) is 0.763. The van der Waals surface area contributed by atoms with Crippen LogP contribution in [-0.4, -0.2) is 57.0 Å². The summed E-state index contributed by atoms with van der Waals surface area (Å²) < 4.78 is 1.78. The summed E-state index contributed by atoms with van der Waals surface area (Å²) in [4.78, 5) is 18.9. The summed E-state index contributed by atoms with van der Waals surface area (Å²) in [7, 11) is 0. The maximum atomic E-state index is 11.0. The molecule has 128 valence electrons. The number of carboxylic acid groups (broad SMARTS) is 1. The fraction of sp³-hybridized carbons (Fsp3) is 0.235. The van der Waals surface area contributed by atoms with Crippen LogP contribution in [0.1, 0.15) is 0 Å². The highest BCUT2D eigenvalue weighted by Gasteiger charge is 2.21. The van der Waals surface area contributed by atoms with Crippen LogP contribution in [0.4, 0.5) is 10.5 Å². The van der Waals surface area contributed by atoms with Gasteiger partial charge in [0.05, 0.1) is 29.3 Å². The second kappa shape index (κ2) is 6.25. The minimum absolute atomic E-state index is 0.455. The Kier molecular flexibility index (Phi) is 3.93. The van der Waals surface area contributed by atoms with Crippen molar-refractivity contribution in [2.75, 3.05) is 31.1 Å². The molecule has 1 fully saturated rings. The Labute approximate surface area is 149 Å². The van der Waals surface area contributed by atoms with E-state index >= 15 is 0 Å². The Morgan fingerprint density at radius 3 is 2.56 bits per heavy atom. The minimum Gasteiger partial charge on any atom is -0.465 e. The lowest BCUT2D eigenvalue weighted by Crippen LogP contribution is -2.48. The number of para-hydroxylation sites is 1. The van der Waals surface area contributed by atoms with Crippen molar-refractivity contribution in [2.45, 2.75) is 0 Å². The highest BCUT2D eigenvalue weighted by molar-refractivity contribution is 6.34. The molecule has 0 saturated carbocycles. The summed E-state index contributed by atoms with van der Waals surface area (Å²) >= 11 is 6.24. The average molecular weight is 358 g/mol. The lowest BCUT2D eigenvalue weighted by molar-refractivity contribution is 0.142. The van der Waals surface area contributed by atoms with Gasteiger partial charge < -0.3 is 14.9 Å². The number of pyridine rings is 1. The number of halogens is 1. The Bertz CT molecular complexity index is 934. The van der Waals surface area contributed by atoms with Gasteiger partial charge in [0.1, 0.15) is 0 Å². The first-order valence-electron chi connectivity index (χ1n) is 7.95. The molecule has 1 aliphatic heterocycles. The summed E-state index contributed by atoms with van der Waals surface area (Å²) in [6, 6.07) is 9.77. The van der Waals surface area contributed by atoms with Crippen molar-refractivity contribution in [2.24, 2.45) is 0 Å². The molecule has 3 aromatic rings. The van der Waals surface area contributed by atoms with Crippen molar-refractivity contribution in [3.8, 4) is 5.69 Å². The van der Waals surface area contributed by atoms with E-state index < -0.39 is 6.09 Å². The first kappa shape index (κ1) is 15.7. The maximum absolute atomic E-state index is 11.0. The first-order chi connectivity index (χ1) is 12.1. The molecule has 0 atom stereocenters. The zero-order valence-corrected chi connectivity index (χ0v) is 14.1. The molecule has 3 heterocycles. The number of hydrogen-bond donors (Lipinski definition) is 1. The van der Waals surface area contributed by atoms with Gasteiger partial charge in [-0.15, -0.1) is 0 Å². The summed E-state index contributed by atoms with van der Waals surface area (Å²) in [5.74, 6) is 0. The van der Waals surface area contributed by atoms with E-state index in [1.807, 2.05) is 30.3 Å². The topological polar surface area (TPSA) is 74.5 Å². The second-order valence-corrected chi connectivity index (χ2v) is 6.24. The summed E-state index contributed by atoms with van der Waals surface area (Å²) in [5.41, 5.74) is 2.68. The van der Waals surface area contributed by atoms with E-state index in [0.29, 0.717) is 31.3 Å². The van der Waals surface area contributed by atoms with Crippen LogP contribution in [0.15, 0.2) is 42.7 Å². The molecule has 1 saturated heterocycles. The fourth-order valence-electron chi connectivity index (χ4n) is 3.09. The molecule has 0 radical (unpaired) electrons. The van der Waals surface area contributed by atoms with E-state index in [0.717, 1.165) is 22.3 Å². The lowest BCUT2D eigenvalue weighted by atomic mass is 10.2. The van der Waals surface area contributed by atoms with Gasteiger partial charge in [-0.2, -0.15) is 5.10 Å². The van der Waals surface area contributed by atoms with Crippen molar-refractivity contribution in [3.05, 3.63) is 47.9 Å². The smallest absolute Gasteiger partial charge is 0.407 e. The third-order valence-corrected chi connectivity index (χ3v) is 4.69. The van der Waals surface area contributed by atoms with Crippen molar-refractivity contribution in [1.29, 1.82) is 0 Å². The van der Waals surface area contributed by atoms with Crippen molar-refractivity contribution in [1.82, 2.24) is 19.7 Å². The number of rotatable bonds is 2. The van der Waals surface area contributed by atoms with Gasteiger partial charge in [0.25, 0.3) is 0 Å². The van der Waals surface area contributed by atoms with Crippen LogP contribution in [0, 0.1) is 0 Å². The monoisotopic (exact) mass is 357 g/mol. The minimum atomic E-state index is -0.871. The third-order valence-electron chi connectivity index (χ3n) is 4.41. The molecular weight excluding hydrogens is 342 g/mol. The van der Waals surface area contributed by atoms with Crippen molar-refractivity contribution < 1.29 is 9.90 Å². The predicted octanol–water partition coefficient (Wildman–Crippen LogP) is 2.87. The average Bonchev–Trinajstić information content (AvgIpc) is 2.99. The predicted molar refractivity (Wildman–Crippen MR) is 95.7 cm³/mol. The van der Waals surface area contributed by atoms with Crippen LogP contribution in [0.5, 0.6) is 0 Å². The van der Waals surface area contributed by atoms with E-state index in [-0.39, 0.29) is 0 Å². The van der Waals surface area contributed by atoms with Gasteiger partial charge in [0.2, 0.25) is 0 Å². The summed E-state index contributed by atoms with van der Waals surface area (Å²) in [6.07, 6.45) is 2.66. The first-order valence-corrected chi connectivity index (χ1v) is 8.33. The molecule has 0 spiro atoms. The van der Waals surface area contributed by atoms with Crippen LogP contribution in [0.2, 0.25) is 5.15 Å². The Balaban J connectivity index is 1.65. The van der Waals surface area contributed by atoms with Gasteiger partial charge in [0.15, 0.2) is 5.15 Å². The van der Waals surface area contributed by atoms with Gasteiger partial charge in [-0.05, 0) is 18.2 Å². The number of piperazine rings is 1. The molecule has 1 amide bonds. The number of amides is 1. The van der Waals surface area contributed by atoms with E-state index in [9.17, 15) is 4.79 Å². The molecule has 0 bridgehead atoms. The highest BCUT2D eigenvalue weighted by Crippen LogP contribution is 2.26. The van der Waals surface area contributed by atoms with Crippen LogP contribution in [-0.2, 0) is 0 Å². The van der Waals surface area contributed by atoms with Gasteiger partial charge in [-0.25, -0.2) is 9.48 Å². The molecule has 7 nitrogen and oxygen atoms in total. The Hall–Kier alpha value is -2.80. The van der Waals surface area contributed by atoms with Gasteiger partial charge in [-0.1, -0.05) is 23.7 Å². The number of benzene rings is 1. The molecule has 0 aliphatic carbocycles. The van der Waals surface area contributed by atoms with Crippen molar-refractivity contribution in [3.63, 3.8) is 0 Å². The number of carbonyl (C=O) groups is 1. The van der Waals surface area contributed by atoms with E-state index in [2.05, 4.69) is 15.0 Å². The largest absolute Gasteiger partial charge is 0.465 e. The fourth-order valence-corrected chi connectivity index (χ4v) is 3.32. The number of nitrogens with zero attached hydrogens (tertiary/aromatic N) is 5. The second-order valence-electron chi connectivity index (χ2n) is 5.88. The number of fused-ring (bicyclic) bond motifs is 1. The van der Waals surface area contributed by atoms with Gasteiger partial charge in [0, 0.05) is 31.6 Å². The van der Waals surface area contributed by atoms with E-state index in [1.165, 1.54) is 4.90 Å². The normalized spacial score (nSPS) is 14.9. The van der Waals surface area contributed by atoms with Crippen LogP contribution in [0.3, 0.4) is 0 Å².